The average molecular weight is 442 g/mol. The van der Waals surface area contributed by atoms with Crippen molar-refractivity contribution in [2.45, 2.75) is 25.4 Å². The molecule has 0 aliphatic carbocycles. The van der Waals surface area contributed by atoms with Crippen LogP contribution in [-0.2, 0) is 6.54 Å². The number of nitrogens with one attached hydrogen (secondary N) is 2. The number of hydrogen-bond acceptors (Lipinski definition) is 5. The van der Waals surface area contributed by atoms with Gasteiger partial charge in [-0.2, -0.15) is 0 Å². The van der Waals surface area contributed by atoms with E-state index in [1.165, 1.54) is 24.1 Å². The highest BCUT2D eigenvalue weighted by atomic mass is 16.1. The SMILES string of the molecule is O=C(NCc1ccc(N2CCCC2)cc1)c1ccc(N2CCN[C@@H](c3ccccc3)C2)nc1. The van der Waals surface area contributed by atoms with Gasteiger partial charge >= 0.3 is 0 Å². The molecule has 0 bridgehead atoms. The molecule has 0 unspecified atom stereocenters. The van der Waals surface area contributed by atoms with E-state index in [2.05, 4.69) is 73.9 Å². The molecule has 2 saturated heterocycles. The predicted octanol–water partition coefficient (Wildman–Crippen LogP) is 3.76. The lowest BCUT2D eigenvalue weighted by molar-refractivity contribution is 0.0950. The van der Waals surface area contributed by atoms with Gasteiger partial charge in [0.1, 0.15) is 5.82 Å². The topological polar surface area (TPSA) is 60.5 Å². The Balaban J connectivity index is 1.16. The molecule has 33 heavy (non-hydrogen) atoms. The second-order valence-corrected chi connectivity index (χ2v) is 8.81. The second kappa shape index (κ2) is 10.0. The van der Waals surface area contributed by atoms with Crippen molar-refractivity contribution in [2.24, 2.45) is 0 Å². The van der Waals surface area contributed by atoms with E-state index in [1.807, 2.05) is 18.2 Å². The van der Waals surface area contributed by atoms with Crippen molar-refractivity contribution in [3.05, 3.63) is 89.6 Å². The highest BCUT2D eigenvalue weighted by Crippen LogP contribution is 2.22. The standard InChI is InChI=1S/C27H31N5O/c33-27(30-18-21-8-11-24(12-9-21)31-15-4-5-16-31)23-10-13-26(29-19-23)32-17-14-28-25(20-32)22-6-2-1-3-7-22/h1-3,6-13,19,25,28H,4-5,14-18,20H2,(H,30,33)/t25-/m1/s1. The Kier molecular flexibility index (Phi) is 6.53. The molecule has 0 radical (unpaired) electrons. The van der Waals surface area contributed by atoms with Gasteiger partial charge in [0.15, 0.2) is 0 Å². The van der Waals surface area contributed by atoms with E-state index in [0.717, 1.165) is 44.1 Å². The molecule has 6 heteroatoms. The molecule has 3 heterocycles. The van der Waals surface area contributed by atoms with Gasteiger partial charge in [0.05, 0.1) is 5.56 Å². The number of carbonyl (C=O) groups excluding carboxylic acids is 1. The molecule has 170 valence electrons. The van der Waals surface area contributed by atoms with Crippen molar-refractivity contribution >= 4 is 17.4 Å². The van der Waals surface area contributed by atoms with E-state index >= 15 is 0 Å². The number of nitrogens with zero attached hydrogens (tertiary/aromatic N) is 3. The zero-order valence-corrected chi connectivity index (χ0v) is 18.9. The quantitative estimate of drug-likeness (QED) is 0.610. The molecule has 0 saturated carbocycles. The lowest BCUT2D eigenvalue weighted by Gasteiger charge is -2.34. The number of amides is 1. The highest BCUT2D eigenvalue weighted by molar-refractivity contribution is 5.94. The lowest BCUT2D eigenvalue weighted by atomic mass is 10.0. The van der Waals surface area contributed by atoms with Crippen molar-refractivity contribution in [3.8, 4) is 0 Å². The maximum absolute atomic E-state index is 12.6. The Bertz CT molecular complexity index is 1050. The minimum Gasteiger partial charge on any atom is -0.372 e. The van der Waals surface area contributed by atoms with Crippen LogP contribution in [0.3, 0.4) is 0 Å². The van der Waals surface area contributed by atoms with Gasteiger partial charge in [0, 0.05) is 57.2 Å². The third-order valence-corrected chi connectivity index (χ3v) is 6.57. The molecule has 2 N–H and O–H groups in total. The van der Waals surface area contributed by atoms with Gasteiger partial charge in [-0.25, -0.2) is 4.98 Å². The fourth-order valence-electron chi connectivity index (χ4n) is 4.66. The van der Waals surface area contributed by atoms with Crippen molar-refractivity contribution in [1.82, 2.24) is 15.6 Å². The summed E-state index contributed by atoms with van der Waals surface area (Å²) < 4.78 is 0. The minimum atomic E-state index is -0.0971. The Labute approximate surface area is 195 Å². The van der Waals surface area contributed by atoms with E-state index < -0.39 is 0 Å². The molecule has 2 fully saturated rings. The highest BCUT2D eigenvalue weighted by Gasteiger charge is 2.21. The first-order chi connectivity index (χ1) is 16.3. The molecule has 1 atom stereocenters. The van der Waals surface area contributed by atoms with E-state index in [4.69, 9.17) is 0 Å². The third-order valence-electron chi connectivity index (χ3n) is 6.57. The molecule has 6 nitrogen and oxygen atoms in total. The Morgan fingerprint density at radius 3 is 2.45 bits per heavy atom. The average Bonchev–Trinajstić information content (AvgIpc) is 3.43. The summed E-state index contributed by atoms with van der Waals surface area (Å²) in [5.41, 5.74) is 4.24. The molecule has 2 aliphatic heterocycles. The summed E-state index contributed by atoms with van der Waals surface area (Å²) in [6.45, 7) is 5.45. The molecule has 1 aromatic heterocycles. The zero-order valence-electron chi connectivity index (χ0n) is 18.9. The number of hydrogen-bond donors (Lipinski definition) is 2. The summed E-state index contributed by atoms with van der Waals surface area (Å²) in [7, 11) is 0. The first-order valence-electron chi connectivity index (χ1n) is 11.9. The van der Waals surface area contributed by atoms with Crippen LogP contribution >= 0.6 is 0 Å². The fourth-order valence-corrected chi connectivity index (χ4v) is 4.66. The number of rotatable bonds is 6. The van der Waals surface area contributed by atoms with Crippen LogP contribution in [0.2, 0.25) is 0 Å². The number of aromatic nitrogens is 1. The summed E-state index contributed by atoms with van der Waals surface area (Å²) >= 11 is 0. The number of carbonyl (C=O) groups is 1. The smallest absolute Gasteiger partial charge is 0.253 e. The predicted molar refractivity (Wildman–Crippen MR) is 133 cm³/mol. The van der Waals surface area contributed by atoms with Crippen molar-refractivity contribution in [2.75, 3.05) is 42.5 Å². The van der Waals surface area contributed by atoms with Crippen LogP contribution in [0.1, 0.15) is 40.4 Å². The van der Waals surface area contributed by atoms with Crippen LogP contribution in [0.5, 0.6) is 0 Å². The molecule has 1 amide bonds. The van der Waals surface area contributed by atoms with E-state index in [-0.39, 0.29) is 11.9 Å². The Morgan fingerprint density at radius 2 is 1.73 bits per heavy atom. The Hall–Kier alpha value is -3.38. The van der Waals surface area contributed by atoms with Gasteiger partial charge in [0.25, 0.3) is 5.91 Å². The lowest BCUT2D eigenvalue weighted by Crippen LogP contribution is -2.46. The molecule has 3 aromatic rings. The number of benzene rings is 2. The van der Waals surface area contributed by atoms with Crippen LogP contribution in [0.15, 0.2) is 72.9 Å². The largest absolute Gasteiger partial charge is 0.372 e. The van der Waals surface area contributed by atoms with Crippen LogP contribution < -0.4 is 20.4 Å². The first-order valence-corrected chi connectivity index (χ1v) is 11.9. The third kappa shape index (κ3) is 5.17. The summed E-state index contributed by atoms with van der Waals surface area (Å²) in [6, 6.07) is 23.1. The van der Waals surface area contributed by atoms with Gasteiger partial charge in [-0.05, 0) is 48.2 Å². The number of piperazine rings is 1. The molecule has 2 aromatic carbocycles. The summed E-state index contributed by atoms with van der Waals surface area (Å²) in [6.07, 6.45) is 4.22. The van der Waals surface area contributed by atoms with Crippen LogP contribution in [0, 0.1) is 0 Å². The Morgan fingerprint density at radius 1 is 0.939 bits per heavy atom. The van der Waals surface area contributed by atoms with Crippen LogP contribution in [0.25, 0.3) is 0 Å². The van der Waals surface area contributed by atoms with E-state index in [1.54, 1.807) is 6.20 Å². The van der Waals surface area contributed by atoms with Gasteiger partial charge in [-0.1, -0.05) is 42.5 Å². The maximum Gasteiger partial charge on any atom is 0.253 e. The molecule has 0 spiro atoms. The normalized spacial score (nSPS) is 18.4. The first kappa shape index (κ1) is 21.5. The van der Waals surface area contributed by atoms with Crippen molar-refractivity contribution in [1.29, 1.82) is 0 Å². The summed E-state index contributed by atoms with van der Waals surface area (Å²) in [5, 5.41) is 6.60. The minimum absolute atomic E-state index is 0.0971. The number of pyridine rings is 1. The molecular weight excluding hydrogens is 410 g/mol. The summed E-state index contributed by atoms with van der Waals surface area (Å²) in [4.78, 5) is 21.9. The molecular formula is C27H31N5O. The van der Waals surface area contributed by atoms with Crippen molar-refractivity contribution in [3.63, 3.8) is 0 Å². The van der Waals surface area contributed by atoms with Crippen molar-refractivity contribution < 1.29 is 4.79 Å². The molecule has 2 aliphatic rings. The fraction of sp³-hybridized carbons (Fsp3) is 0.333. The van der Waals surface area contributed by atoms with E-state index in [9.17, 15) is 4.79 Å². The van der Waals surface area contributed by atoms with E-state index in [0.29, 0.717) is 12.1 Å². The number of anilines is 2. The monoisotopic (exact) mass is 441 g/mol. The maximum atomic E-state index is 12.6. The van der Waals surface area contributed by atoms with Crippen LogP contribution in [0.4, 0.5) is 11.5 Å². The second-order valence-electron chi connectivity index (χ2n) is 8.81. The molecule has 5 rings (SSSR count). The summed E-state index contributed by atoms with van der Waals surface area (Å²) in [5.74, 6) is 0.812. The van der Waals surface area contributed by atoms with Crippen LogP contribution in [-0.4, -0.2) is 43.6 Å². The van der Waals surface area contributed by atoms with Gasteiger partial charge in [0.2, 0.25) is 0 Å². The van der Waals surface area contributed by atoms with Gasteiger partial charge < -0.3 is 20.4 Å². The zero-order chi connectivity index (χ0) is 22.5. The van der Waals surface area contributed by atoms with Gasteiger partial charge in [-0.3, -0.25) is 4.79 Å². The van der Waals surface area contributed by atoms with Gasteiger partial charge in [-0.15, -0.1) is 0 Å².